The lowest BCUT2D eigenvalue weighted by molar-refractivity contribution is 0.795. The molecule has 0 atom stereocenters. The molecule has 0 aliphatic carbocycles. The van der Waals surface area contributed by atoms with Gasteiger partial charge in [-0.2, -0.15) is 0 Å². The van der Waals surface area contributed by atoms with Crippen LogP contribution in [0.3, 0.4) is 0 Å². The fourth-order valence-corrected chi connectivity index (χ4v) is 5.76. The van der Waals surface area contributed by atoms with Gasteiger partial charge in [0.2, 0.25) is 0 Å². The molecule has 0 spiro atoms. The molecule has 0 N–H and O–H groups in total. The largest absolute Gasteiger partial charge is 0.0654 e. The Labute approximate surface area is 172 Å². The summed E-state index contributed by atoms with van der Waals surface area (Å²) in [6.07, 6.45) is 7.41. The summed E-state index contributed by atoms with van der Waals surface area (Å²) in [4.78, 5) is 0. The van der Waals surface area contributed by atoms with E-state index in [2.05, 4.69) is 93.6 Å². The zero-order valence-electron chi connectivity index (χ0n) is 17.6. The van der Waals surface area contributed by atoms with Crippen LogP contribution in [0.25, 0.3) is 0 Å². The van der Waals surface area contributed by atoms with Crippen molar-refractivity contribution in [2.75, 3.05) is 0 Å². The van der Waals surface area contributed by atoms with Crippen molar-refractivity contribution in [1.82, 2.24) is 0 Å². The Bertz CT molecular complexity index is 777. The van der Waals surface area contributed by atoms with Crippen LogP contribution in [0.4, 0.5) is 0 Å². The van der Waals surface area contributed by atoms with E-state index in [9.17, 15) is 0 Å². The second-order valence-corrected chi connectivity index (χ2v) is 9.93. The molecule has 0 unspecified atom stereocenters. The van der Waals surface area contributed by atoms with E-state index in [1.54, 1.807) is 0 Å². The highest BCUT2D eigenvalue weighted by Gasteiger charge is 2.16. The Morgan fingerprint density at radius 1 is 0.536 bits per heavy atom. The average molecular weight is 389 g/mol. The van der Waals surface area contributed by atoms with Gasteiger partial charge in [-0.25, -0.2) is 0 Å². The minimum Gasteiger partial charge on any atom is -0.0654 e. The van der Waals surface area contributed by atoms with Crippen LogP contribution in [0.5, 0.6) is 0 Å². The fourth-order valence-electron chi connectivity index (χ4n) is 3.53. The van der Waals surface area contributed by atoms with Gasteiger partial charge in [-0.05, 0) is 67.6 Å². The van der Waals surface area contributed by atoms with Gasteiger partial charge >= 0.3 is 0 Å². The number of hydrogen-bond acceptors (Lipinski definition) is 0. The molecule has 3 aromatic carbocycles. The summed E-state index contributed by atoms with van der Waals surface area (Å²) in [5.74, 6) is 0. The Balaban J connectivity index is 1.92. The zero-order chi connectivity index (χ0) is 19.8. The van der Waals surface area contributed by atoms with Gasteiger partial charge in [0.25, 0.3) is 0 Å². The maximum Gasteiger partial charge on any atom is -0.0134 e. The van der Waals surface area contributed by atoms with Crippen molar-refractivity contribution >= 4 is 23.8 Å². The number of rotatable bonds is 9. The predicted octanol–water partition coefficient (Wildman–Crippen LogP) is 6.44. The molecule has 0 amide bonds. The van der Waals surface area contributed by atoms with Crippen LogP contribution in [-0.4, -0.2) is 0 Å². The van der Waals surface area contributed by atoms with Gasteiger partial charge in [0.05, 0.1) is 0 Å². The summed E-state index contributed by atoms with van der Waals surface area (Å²) in [6.45, 7) is 6.68. The van der Waals surface area contributed by atoms with E-state index in [1.165, 1.54) is 71.1 Å². The number of unbranched alkanes of at least 4 members (excludes halogenated alkanes) is 2. The lowest BCUT2D eigenvalue weighted by Crippen LogP contribution is -2.20. The van der Waals surface area contributed by atoms with Gasteiger partial charge in [0.15, 0.2) is 0 Å². The van der Waals surface area contributed by atoms with E-state index in [4.69, 9.17) is 0 Å². The molecular formula is C27H33P. The third-order valence-electron chi connectivity index (χ3n) is 5.32. The van der Waals surface area contributed by atoms with E-state index in [-0.39, 0.29) is 0 Å². The molecule has 28 heavy (non-hydrogen) atoms. The average Bonchev–Trinajstić information content (AvgIpc) is 2.74. The van der Waals surface area contributed by atoms with Gasteiger partial charge < -0.3 is 0 Å². The minimum atomic E-state index is -0.509. The molecule has 0 aromatic heterocycles. The van der Waals surface area contributed by atoms with Crippen LogP contribution in [0.1, 0.15) is 56.2 Å². The first-order valence-electron chi connectivity index (χ1n) is 10.8. The maximum atomic E-state index is 2.36. The van der Waals surface area contributed by atoms with Gasteiger partial charge in [-0.3, -0.25) is 0 Å². The van der Waals surface area contributed by atoms with E-state index in [1.807, 2.05) is 0 Å². The summed E-state index contributed by atoms with van der Waals surface area (Å²) in [5, 5.41) is 4.32. The van der Waals surface area contributed by atoms with Crippen molar-refractivity contribution in [3.8, 4) is 0 Å². The standard InChI is InChI=1S/C27H33P/c1-4-6-8-23-12-18-26(19-13-23)28(25-16-10-22(3)11-17-25)27-20-14-24(15-21-27)9-7-5-2/h10-21H,4-9H2,1-3H3. The Morgan fingerprint density at radius 3 is 1.25 bits per heavy atom. The minimum absolute atomic E-state index is 0.509. The summed E-state index contributed by atoms with van der Waals surface area (Å²) < 4.78 is 0. The second-order valence-electron chi connectivity index (χ2n) is 7.71. The van der Waals surface area contributed by atoms with Gasteiger partial charge in [-0.15, -0.1) is 0 Å². The van der Waals surface area contributed by atoms with Crippen LogP contribution in [-0.2, 0) is 12.8 Å². The van der Waals surface area contributed by atoms with Gasteiger partial charge in [0.1, 0.15) is 0 Å². The molecule has 0 radical (unpaired) electrons. The molecule has 0 aliphatic heterocycles. The molecule has 0 heterocycles. The van der Waals surface area contributed by atoms with Crippen molar-refractivity contribution in [2.24, 2.45) is 0 Å². The van der Waals surface area contributed by atoms with Crippen LogP contribution in [0, 0.1) is 6.92 Å². The summed E-state index contributed by atoms with van der Waals surface area (Å²) in [5.41, 5.74) is 4.24. The fraction of sp³-hybridized carbons (Fsp3) is 0.333. The van der Waals surface area contributed by atoms with Crippen molar-refractivity contribution in [1.29, 1.82) is 0 Å². The molecule has 1 heteroatoms. The van der Waals surface area contributed by atoms with Crippen LogP contribution < -0.4 is 15.9 Å². The van der Waals surface area contributed by atoms with Crippen molar-refractivity contribution in [2.45, 2.75) is 59.3 Å². The van der Waals surface area contributed by atoms with Crippen molar-refractivity contribution < 1.29 is 0 Å². The quantitative estimate of drug-likeness (QED) is 0.370. The first-order valence-corrected chi connectivity index (χ1v) is 12.1. The van der Waals surface area contributed by atoms with Gasteiger partial charge in [-0.1, -0.05) is 105 Å². The molecule has 0 aliphatic rings. The molecule has 146 valence electrons. The maximum absolute atomic E-state index is 2.36. The SMILES string of the molecule is CCCCc1ccc(P(c2ccc(C)cc2)c2ccc(CCCC)cc2)cc1. The highest BCUT2D eigenvalue weighted by atomic mass is 31.1. The second kappa shape index (κ2) is 10.6. The summed E-state index contributed by atoms with van der Waals surface area (Å²) >= 11 is 0. The predicted molar refractivity (Wildman–Crippen MR) is 127 cm³/mol. The van der Waals surface area contributed by atoms with Crippen molar-refractivity contribution in [3.63, 3.8) is 0 Å². The van der Waals surface area contributed by atoms with E-state index >= 15 is 0 Å². The number of benzene rings is 3. The monoisotopic (exact) mass is 388 g/mol. The third kappa shape index (κ3) is 5.55. The summed E-state index contributed by atoms with van der Waals surface area (Å²) in [6, 6.07) is 27.9. The molecule has 0 fully saturated rings. The molecule has 3 rings (SSSR count). The Morgan fingerprint density at radius 2 is 0.893 bits per heavy atom. The Hall–Kier alpha value is -1.91. The first kappa shape index (κ1) is 20.8. The Kier molecular flexibility index (Phi) is 7.87. The zero-order valence-corrected chi connectivity index (χ0v) is 18.5. The normalized spacial score (nSPS) is 11.1. The highest BCUT2D eigenvalue weighted by molar-refractivity contribution is 7.79. The van der Waals surface area contributed by atoms with Crippen LogP contribution in [0.15, 0.2) is 72.8 Å². The number of aryl methyl sites for hydroxylation is 3. The molecular weight excluding hydrogens is 355 g/mol. The molecule has 0 nitrogen and oxygen atoms in total. The molecule has 0 saturated heterocycles. The van der Waals surface area contributed by atoms with E-state index in [0.717, 1.165) is 0 Å². The molecule has 0 saturated carbocycles. The van der Waals surface area contributed by atoms with Crippen LogP contribution >= 0.6 is 7.92 Å². The molecule has 3 aromatic rings. The smallest absolute Gasteiger partial charge is 0.0134 e. The van der Waals surface area contributed by atoms with Gasteiger partial charge in [0, 0.05) is 0 Å². The first-order chi connectivity index (χ1) is 13.7. The van der Waals surface area contributed by atoms with Crippen molar-refractivity contribution in [3.05, 3.63) is 89.5 Å². The van der Waals surface area contributed by atoms with E-state index in [0.29, 0.717) is 0 Å². The van der Waals surface area contributed by atoms with E-state index < -0.39 is 7.92 Å². The summed E-state index contributed by atoms with van der Waals surface area (Å²) in [7, 11) is -0.509. The molecule has 0 bridgehead atoms. The lowest BCUT2D eigenvalue weighted by atomic mass is 10.1. The highest BCUT2D eigenvalue weighted by Crippen LogP contribution is 2.33. The third-order valence-corrected chi connectivity index (χ3v) is 7.76. The number of hydrogen-bond donors (Lipinski definition) is 0. The lowest BCUT2D eigenvalue weighted by Gasteiger charge is -2.20. The topological polar surface area (TPSA) is 0 Å². The van der Waals surface area contributed by atoms with Crippen LogP contribution in [0.2, 0.25) is 0 Å².